The van der Waals surface area contributed by atoms with Crippen LogP contribution in [0.1, 0.15) is 11.1 Å². The Kier molecular flexibility index (Phi) is 12.3. The molecule has 0 aliphatic heterocycles. The highest BCUT2D eigenvalue weighted by molar-refractivity contribution is 6.32. The second-order valence-electron chi connectivity index (χ2n) is 6.67. The Balaban J connectivity index is 0.00000272. The zero-order valence-corrected chi connectivity index (χ0v) is 20.2. The fourth-order valence-corrected chi connectivity index (χ4v) is 3.17. The number of anilines is 1. The summed E-state index contributed by atoms with van der Waals surface area (Å²) in [5.74, 6) is 1.06. The van der Waals surface area contributed by atoms with Gasteiger partial charge in [-0.15, -0.1) is 24.8 Å². The van der Waals surface area contributed by atoms with E-state index in [2.05, 4.69) is 15.6 Å². The van der Waals surface area contributed by atoms with E-state index in [1.54, 1.807) is 31.6 Å². The van der Waals surface area contributed by atoms with Crippen LogP contribution in [0, 0.1) is 10.1 Å². The highest BCUT2D eigenvalue weighted by Gasteiger charge is 2.12. The third kappa shape index (κ3) is 8.58. The van der Waals surface area contributed by atoms with Gasteiger partial charge in [0, 0.05) is 55.4 Å². The molecule has 2 N–H and O–H groups in total. The van der Waals surface area contributed by atoms with Gasteiger partial charge >= 0.3 is 0 Å². The monoisotopic (exact) mass is 514 g/mol. The van der Waals surface area contributed by atoms with E-state index in [0.29, 0.717) is 42.8 Å². The van der Waals surface area contributed by atoms with Gasteiger partial charge in [-0.25, -0.2) is 0 Å². The van der Waals surface area contributed by atoms with Gasteiger partial charge in [0.15, 0.2) is 11.5 Å². The van der Waals surface area contributed by atoms with Gasteiger partial charge in [-0.1, -0.05) is 17.7 Å². The number of pyridine rings is 1. The molecule has 3 rings (SSSR count). The van der Waals surface area contributed by atoms with Gasteiger partial charge in [-0.2, -0.15) is 0 Å². The van der Waals surface area contributed by atoms with Gasteiger partial charge in [0.2, 0.25) is 0 Å². The summed E-state index contributed by atoms with van der Waals surface area (Å²) >= 11 is 6.43. The summed E-state index contributed by atoms with van der Waals surface area (Å²) in [4.78, 5) is 14.3. The van der Waals surface area contributed by atoms with E-state index in [4.69, 9.17) is 21.1 Å². The lowest BCUT2D eigenvalue weighted by Gasteiger charge is -2.15. The number of methoxy groups -OCH3 is 1. The minimum absolute atomic E-state index is 0. The normalized spacial score (nSPS) is 9.88. The molecule has 11 heteroatoms. The summed E-state index contributed by atoms with van der Waals surface area (Å²) in [5.41, 5.74) is 2.80. The number of rotatable bonds is 11. The summed E-state index contributed by atoms with van der Waals surface area (Å²) in [7, 11) is 1.58. The van der Waals surface area contributed by atoms with Gasteiger partial charge in [-0.05, 0) is 35.9 Å². The number of nitrogens with zero attached hydrogens (tertiary/aromatic N) is 2. The van der Waals surface area contributed by atoms with Crippen LogP contribution in [0.3, 0.4) is 0 Å². The number of halogens is 3. The fraction of sp³-hybridized carbons (Fsp3) is 0.227. The third-order valence-corrected chi connectivity index (χ3v) is 4.71. The number of nitrogens with one attached hydrogen (secondary N) is 2. The molecule has 0 fully saturated rings. The van der Waals surface area contributed by atoms with Crippen molar-refractivity contribution in [1.82, 2.24) is 10.3 Å². The Bertz CT molecular complexity index is 1010. The standard InChI is InChI=1S/C22H23ClN4O4.2ClH/c1-30-21-12-17(11-20(23)22(21)31-15-16-3-2-8-24-13-16)14-25-9-10-26-18-4-6-19(7-5-18)27(28)29;;/h2-8,11-13,25-26H,9-10,14-15H2,1H3;2*1H. The number of hydrogen-bond acceptors (Lipinski definition) is 7. The number of hydrogen-bond donors (Lipinski definition) is 2. The number of nitro groups is 1. The Hall–Kier alpha value is -2.78. The summed E-state index contributed by atoms with van der Waals surface area (Å²) in [6.07, 6.45) is 3.45. The smallest absolute Gasteiger partial charge is 0.269 e. The van der Waals surface area contributed by atoms with Crippen molar-refractivity contribution in [1.29, 1.82) is 0 Å². The van der Waals surface area contributed by atoms with Gasteiger partial charge in [0.25, 0.3) is 5.69 Å². The zero-order valence-electron chi connectivity index (χ0n) is 17.8. The molecule has 1 heterocycles. The number of aromatic nitrogens is 1. The Morgan fingerprint density at radius 3 is 2.48 bits per heavy atom. The molecule has 0 amide bonds. The predicted molar refractivity (Wildman–Crippen MR) is 134 cm³/mol. The van der Waals surface area contributed by atoms with Crippen molar-refractivity contribution in [3.8, 4) is 11.5 Å². The third-order valence-electron chi connectivity index (χ3n) is 4.43. The molecule has 0 saturated carbocycles. The predicted octanol–water partition coefficient (Wildman–Crippen LogP) is 5.28. The van der Waals surface area contributed by atoms with Gasteiger partial charge in [-0.3, -0.25) is 15.1 Å². The van der Waals surface area contributed by atoms with Crippen LogP contribution in [0.5, 0.6) is 11.5 Å². The zero-order chi connectivity index (χ0) is 22.1. The molecule has 1 aromatic heterocycles. The largest absolute Gasteiger partial charge is 0.493 e. The Morgan fingerprint density at radius 1 is 1.09 bits per heavy atom. The minimum atomic E-state index is -0.417. The van der Waals surface area contributed by atoms with E-state index in [1.807, 2.05) is 24.3 Å². The molecule has 0 aliphatic rings. The Morgan fingerprint density at radius 2 is 1.85 bits per heavy atom. The quantitative estimate of drug-likeness (QED) is 0.204. The molecule has 0 aliphatic carbocycles. The van der Waals surface area contributed by atoms with Crippen LogP contribution in [-0.4, -0.2) is 30.1 Å². The van der Waals surface area contributed by atoms with E-state index in [-0.39, 0.29) is 30.5 Å². The number of benzene rings is 2. The molecule has 0 unspecified atom stereocenters. The van der Waals surface area contributed by atoms with Gasteiger partial charge in [0.05, 0.1) is 17.1 Å². The first-order valence-electron chi connectivity index (χ1n) is 9.64. The Labute approximate surface area is 209 Å². The molecule has 3 aromatic rings. The molecule has 0 bridgehead atoms. The summed E-state index contributed by atoms with van der Waals surface area (Å²) in [5, 5.41) is 17.7. The van der Waals surface area contributed by atoms with Crippen LogP contribution in [-0.2, 0) is 13.2 Å². The van der Waals surface area contributed by atoms with Crippen LogP contribution in [0.4, 0.5) is 11.4 Å². The maximum atomic E-state index is 10.7. The molecule has 33 heavy (non-hydrogen) atoms. The summed E-state index contributed by atoms with van der Waals surface area (Å²) in [6, 6.07) is 13.8. The molecule has 8 nitrogen and oxygen atoms in total. The van der Waals surface area contributed by atoms with Crippen molar-refractivity contribution < 1.29 is 14.4 Å². The first-order valence-corrected chi connectivity index (χ1v) is 10.0. The molecular weight excluding hydrogens is 491 g/mol. The number of nitro benzene ring substituents is 1. The first-order chi connectivity index (χ1) is 15.1. The van der Waals surface area contributed by atoms with Crippen molar-refractivity contribution >= 4 is 47.8 Å². The van der Waals surface area contributed by atoms with Crippen molar-refractivity contribution in [2.45, 2.75) is 13.2 Å². The van der Waals surface area contributed by atoms with Crippen molar-refractivity contribution in [2.75, 3.05) is 25.5 Å². The molecule has 178 valence electrons. The summed E-state index contributed by atoms with van der Waals surface area (Å²) < 4.78 is 11.3. The number of ether oxygens (including phenoxy) is 2. The van der Waals surface area contributed by atoms with E-state index >= 15 is 0 Å². The van der Waals surface area contributed by atoms with Crippen LogP contribution < -0.4 is 20.1 Å². The van der Waals surface area contributed by atoms with Gasteiger partial charge in [0.1, 0.15) is 6.61 Å². The van der Waals surface area contributed by atoms with Crippen LogP contribution in [0.25, 0.3) is 0 Å². The average Bonchev–Trinajstić information content (AvgIpc) is 2.78. The van der Waals surface area contributed by atoms with E-state index < -0.39 is 4.92 Å². The molecule has 0 saturated heterocycles. The SMILES string of the molecule is COc1cc(CNCCNc2ccc([N+](=O)[O-])cc2)cc(Cl)c1OCc1cccnc1.Cl.Cl. The fourth-order valence-electron chi connectivity index (χ4n) is 2.88. The van der Waals surface area contributed by atoms with Crippen molar-refractivity contribution in [2.24, 2.45) is 0 Å². The molecule has 0 radical (unpaired) electrons. The minimum Gasteiger partial charge on any atom is -0.493 e. The highest BCUT2D eigenvalue weighted by Crippen LogP contribution is 2.37. The maximum Gasteiger partial charge on any atom is 0.269 e. The molecule has 0 spiro atoms. The van der Waals surface area contributed by atoms with Crippen molar-refractivity contribution in [3.63, 3.8) is 0 Å². The molecule has 2 aromatic carbocycles. The van der Waals surface area contributed by atoms with Gasteiger partial charge < -0.3 is 20.1 Å². The van der Waals surface area contributed by atoms with Crippen LogP contribution in [0.15, 0.2) is 60.9 Å². The average molecular weight is 516 g/mol. The summed E-state index contributed by atoms with van der Waals surface area (Å²) in [6.45, 7) is 2.29. The molecular formula is C22H25Cl3N4O4. The highest BCUT2D eigenvalue weighted by atomic mass is 35.5. The molecule has 0 atom stereocenters. The lowest BCUT2D eigenvalue weighted by molar-refractivity contribution is -0.384. The van der Waals surface area contributed by atoms with E-state index in [0.717, 1.165) is 16.8 Å². The second kappa shape index (κ2) is 14.4. The maximum absolute atomic E-state index is 10.7. The van der Waals surface area contributed by atoms with E-state index in [1.165, 1.54) is 12.1 Å². The lowest BCUT2D eigenvalue weighted by atomic mass is 10.2. The number of non-ortho nitro benzene ring substituents is 1. The first kappa shape index (κ1) is 28.3. The topological polar surface area (TPSA) is 98.5 Å². The van der Waals surface area contributed by atoms with Crippen LogP contribution in [0.2, 0.25) is 5.02 Å². The lowest BCUT2D eigenvalue weighted by Crippen LogP contribution is -2.21. The van der Waals surface area contributed by atoms with E-state index in [9.17, 15) is 10.1 Å². The second-order valence-corrected chi connectivity index (χ2v) is 7.07. The van der Waals surface area contributed by atoms with Crippen molar-refractivity contribution in [3.05, 3.63) is 87.2 Å². The van der Waals surface area contributed by atoms with Crippen LogP contribution >= 0.6 is 36.4 Å².